The molecule has 0 aliphatic carbocycles. The summed E-state index contributed by atoms with van der Waals surface area (Å²) >= 11 is 0. The second kappa shape index (κ2) is 7.87. The number of carbonyl (C=O) groups excluding carboxylic acids is 2. The largest absolute Gasteiger partial charge is 0.449 e. The summed E-state index contributed by atoms with van der Waals surface area (Å²) in [5, 5.41) is 0. The Morgan fingerprint density at radius 1 is 1.16 bits per heavy atom. The van der Waals surface area contributed by atoms with Gasteiger partial charge in [0.15, 0.2) is 6.10 Å². The molecule has 1 unspecified atom stereocenters. The van der Waals surface area contributed by atoms with Crippen molar-refractivity contribution < 1.29 is 36.3 Å². The molecule has 25 heavy (non-hydrogen) atoms. The molecule has 1 aromatic rings. The lowest BCUT2D eigenvalue weighted by molar-refractivity contribution is -0.143. The van der Waals surface area contributed by atoms with Crippen LogP contribution in [0.2, 0.25) is 0 Å². The van der Waals surface area contributed by atoms with Gasteiger partial charge >= 0.3 is 11.7 Å². The van der Waals surface area contributed by atoms with Gasteiger partial charge in [0.1, 0.15) is 0 Å². The fourth-order valence-corrected chi connectivity index (χ4v) is 2.92. The number of hydrogen-bond donors (Lipinski definition) is 0. The van der Waals surface area contributed by atoms with Crippen molar-refractivity contribution in [1.29, 1.82) is 0 Å². The van der Waals surface area contributed by atoms with Gasteiger partial charge in [0.2, 0.25) is 9.84 Å². The fraction of sp³-hybridized carbons (Fsp3) is 0.467. The van der Waals surface area contributed by atoms with E-state index in [4.69, 9.17) is 9.47 Å². The molecular formula is C15H17F2NO6S. The van der Waals surface area contributed by atoms with E-state index in [9.17, 15) is 26.8 Å². The van der Waals surface area contributed by atoms with E-state index in [0.29, 0.717) is 26.3 Å². The first kappa shape index (κ1) is 19.3. The van der Waals surface area contributed by atoms with Gasteiger partial charge in [-0.15, -0.1) is 0 Å². The highest BCUT2D eigenvalue weighted by molar-refractivity contribution is 7.91. The van der Waals surface area contributed by atoms with E-state index in [-0.39, 0.29) is 11.5 Å². The molecule has 1 atom stereocenters. The van der Waals surface area contributed by atoms with E-state index < -0.39 is 32.6 Å². The van der Waals surface area contributed by atoms with Gasteiger partial charge in [-0.2, -0.15) is 8.78 Å². The predicted molar refractivity (Wildman–Crippen MR) is 81.9 cm³/mol. The number of carbonyl (C=O) groups is 2. The Kier molecular flexibility index (Phi) is 6.07. The van der Waals surface area contributed by atoms with Crippen LogP contribution in [0.4, 0.5) is 8.78 Å². The number of amides is 1. The zero-order valence-electron chi connectivity index (χ0n) is 13.4. The van der Waals surface area contributed by atoms with E-state index in [1.165, 1.54) is 11.8 Å². The Bertz CT molecular complexity index is 729. The average molecular weight is 377 g/mol. The molecule has 1 heterocycles. The summed E-state index contributed by atoms with van der Waals surface area (Å²) < 4.78 is 57.8. The summed E-state index contributed by atoms with van der Waals surface area (Å²) in [7, 11) is -4.73. The molecule has 0 radical (unpaired) electrons. The lowest BCUT2D eigenvalue weighted by atomic mass is 10.2. The molecule has 1 aliphatic heterocycles. The fourth-order valence-electron chi connectivity index (χ4n) is 2.20. The first-order valence-electron chi connectivity index (χ1n) is 7.43. The number of sulfone groups is 1. The molecule has 10 heteroatoms. The average Bonchev–Trinajstić information content (AvgIpc) is 2.61. The summed E-state index contributed by atoms with van der Waals surface area (Å²) in [6.07, 6.45) is -1.03. The van der Waals surface area contributed by atoms with Gasteiger partial charge in [0.25, 0.3) is 5.91 Å². The summed E-state index contributed by atoms with van der Waals surface area (Å²) in [5.41, 5.74) is -0.0464. The lowest BCUT2D eigenvalue weighted by Gasteiger charge is -2.28. The number of nitrogens with zero attached hydrogens (tertiary/aromatic N) is 1. The van der Waals surface area contributed by atoms with Crippen molar-refractivity contribution in [3.05, 3.63) is 29.8 Å². The minimum Gasteiger partial charge on any atom is -0.449 e. The molecular weight excluding hydrogens is 360 g/mol. The summed E-state index contributed by atoms with van der Waals surface area (Å²) in [6, 6.07) is 3.91. The summed E-state index contributed by atoms with van der Waals surface area (Å²) in [5.74, 6) is -4.76. The van der Waals surface area contributed by atoms with Crippen LogP contribution in [-0.2, 0) is 24.1 Å². The van der Waals surface area contributed by atoms with Crippen molar-refractivity contribution in [2.24, 2.45) is 0 Å². The lowest BCUT2D eigenvalue weighted by Crippen LogP contribution is -2.46. The highest BCUT2D eigenvalue weighted by Gasteiger charge is 2.28. The summed E-state index contributed by atoms with van der Waals surface area (Å²) in [6.45, 7) is 3.05. The Labute approximate surface area is 143 Å². The van der Waals surface area contributed by atoms with Gasteiger partial charge in [0, 0.05) is 13.1 Å². The molecule has 1 saturated heterocycles. The van der Waals surface area contributed by atoms with Crippen LogP contribution in [0.25, 0.3) is 0 Å². The molecule has 0 aromatic heterocycles. The third-order valence-electron chi connectivity index (χ3n) is 3.61. The SMILES string of the molecule is CC(OC(=O)c1ccc(S(=O)(=O)C(F)F)cc1)C(=O)N1CCOCC1. The van der Waals surface area contributed by atoms with E-state index in [1.54, 1.807) is 0 Å². The van der Waals surface area contributed by atoms with Crippen LogP contribution in [0.5, 0.6) is 0 Å². The van der Waals surface area contributed by atoms with Crippen LogP contribution in [-0.4, -0.2) is 63.4 Å². The number of benzene rings is 1. The van der Waals surface area contributed by atoms with E-state index in [1.807, 2.05) is 0 Å². The van der Waals surface area contributed by atoms with Gasteiger partial charge in [-0.05, 0) is 31.2 Å². The van der Waals surface area contributed by atoms with Crippen LogP contribution >= 0.6 is 0 Å². The van der Waals surface area contributed by atoms with Crippen LogP contribution in [0.1, 0.15) is 17.3 Å². The molecule has 1 aliphatic rings. The van der Waals surface area contributed by atoms with Gasteiger partial charge in [-0.1, -0.05) is 0 Å². The molecule has 0 bridgehead atoms. The third-order valence-corrected chi connectivity index (χ3v) is 5.01. The Hall–Kier alpha value is -2.07. The first-order chi connectivity index (χ1) is 11.7. The summed E-state index contributed by atoms with van der Waals surface area (Å²) in [4.78, 5) is 25.1. The molecule has 1 aromatic carbocycles. The van der Waals surface area contributed by atoms with Crippen LogP contribution < -0.4 is 0 Å². The second-order valence-electron chi connectivity index (χ2n) is 5.32. The van der Waals surface area contributed by atoms with Crippen molar-refractivity contribution >= 4 is 21.7 Å². The highest BCUT2D eigenvalue weighted by Crippen LogP contribution is 2.19. The maximum atomic E-state index is 12.5. The quantitative estimate of drug-likeness (QED) is 0.714. The zero-order valence-corrected chi connectivity index (χ0v) is 14.2. The highest BCUT2D eigenvalue weighted by atomic mass is 32.2. The molecule has 1 amide bonds. The monoisotopic (exact) mass is 377 g/mol. The maximum Gasteiger partial charge on any atom is 0.341 e. The van der Waals surface area contributed by atoms with E-state index in [0.717, 1.165) is 24.3 Å². The number of halogens is 2. The zero-order chi connectivity index (χ0) is 18.6. The molecule has 1 fully saturated rings. The van der Waals surface area contributed by atoms with Gasteiger partial charge in [0.05, 0.1) is 23.7 Å². The normalized spacial score (nSPS) is 16.6. The standard InChI is InChI=1S/C15H17F2NO6S/c1-10(13(19)18-6-8-23-9-7-18)24-14(20)11-2-4-12(5-3-11)25(21,22)15(16)17/h2-5,10,15H,6-9H2,1H3. The molecule has 0 saturated carbocycles. The second-order valence-corrected chi connectivity index (χ2v) is 7.23. The van der Waals surface area contributed by atoms with Gasteiger partial charge < -0.3 is 14.4 Å². The predicted octanol–water partition coefficient (Wildman–Crippen LogP) is 1.09. The van der Waals surface area contributed by atoms with Crippen molar-refractivity contribution in [2.75, 3.05) is 26.3 Å². The van der Waals surface area contributed by atoms with Gasteiger partial charge in [-0.3, -0.25) is 4.79 Å². The van der Waals surface area contributed by atoms with Crippen LogP contribution in [0, 0.1) is 0 Å². The first-order valence-corrected chi connectivity index (χ1v) is 8.97. The number of rotatable bonds is 5. The van der Waals surface area contributed by atoms with Gasteiger partial charge in [-0.25, -0.2) is 13.2 Å². The number of ether oxygens (including phenoxy) is 2. The van der Waals surface area contributed by atoms with Crippen LogP contribution in [0.15, 0.2) is 29.2 Å². The smallest absolute Gasteiger partial charge is 0.341 e. The van der Waals surface area contributed by atoms with Crippen LogP contribution in [0.3, 0.4) is 0 Å². The Balaban J connectivity index is 2.02. The maximum absolute atomic E-state index is 12.5. The molecule has 138 valence electrons. The topological polar surface area (TPSA) is 90.0 Å². The Morgan fingerprint density at radius 3 is 2.24 bits per heavy atom. The van der Waals surface area contributed by atoms with Crippen molar-refractivity contribution in [3.8, 4) is 0 Å². The van der Waals surface area contributed by atoms with Crippen molar-refractivity contribution in [1.82, 2.24) is 4.90 Å². The molecule has 0 N–H and O–H groups in total. The minimum absolute atomic E-state index is 0.0464. The van der Waals surface area contributed by atoms with E-state index >= 15 is 0 Å². The van der Waals surface area contributed by atoms with Crippen molar-refractivity contribution in [3.63, 3.8) is 0 Å². The number of morpholine rings is 1. The van der Waals surface area contributed by atoms with E-state index in [2.05, 4.69) is 0 Å². The third kappa shape index (κ3) is 4.51. The van der Waals surface area contributed by atoms with Crippen molar-refractivity contribution in [2.45, 2.75) is 23.7 Å². The minimum atomic E-state index is -4.73. The number of alkyl halides is 2. The Morgan fingerprint density at radius 2 is 1.72 bits per heavy atom. The number of esters is 1. The molecule has 0 spiro atoms. The molecule has 7 nitrogen and oxygen atoms in total. The number of hydrogen-bond acceptors (Lipinski definition) is 6. The molecule has 2 rings (SSSR count).